The van der Waals surface area contributed by atoms with Gasteiger partial charge in [0.25, 0.3) is 0 Å². The number of ether oxygens (including phenoxy) is 1. The van der Waals surface area contributed by atoms with Gasteiger partial charge in [0.15, 0.2) is 0 Å². The lowest BCUT2D eigenvalue weighted by Crippen LogP contribution is -2.10. The number of benzene rings is 2. The van der Waals surface area contributed by atoms with Gasteiger partial charge in [-0.15, -0.1) is 11.3 Å². The highest BCUT2D eigenvalue weighted by Gasteiger charge is 2.19. The Kier molecular flexibility index (Phi) is 4.84. The van der Waals surface area contributed by atoms with Gasteiger partial charge in [-0.3, -0.25) is 4.79 Å². The predicted octanol–water partition coefficient (Wildman–Crippen LogP) is 4.43. The molecule has 0 saturated heterocycles. The number of fused-ring (bicyclic) bond motifs is 1. The Hall–Kier alpha value is -4.17. The number of carbonyl (C=O) groups is 2. The van der Waals surface area contributed by atoms with Crippen LogP contribution < -0.4 is 5.73 Å². The van der Waals surface area contributed by atoms with Gasteiger partial charge < -0.3 is 19.6 Å². The molecule has 7 nitrogen and oxygen atoms in total. The summed E-state index contributed by atoms with van der Waals surface area (Å²) in [5.74, 6) is -0.846. The highest BCUT2D eigenvalue weighted by Crippen LogP contribution is 2.37. The van der Waals surface area contributed by atoms with Crippen molar-refractivity contribution in [3.05, 3.63) is 89.8 Å². The highest BCUT2D eigenvalue weighted by molar-refractivity contribution is 7.20. The van der Waals surface area contributed by atoms with Crippen LogP contribution in [0.3, 0.4) is 0 Å². The molecule has 8 heteroatoms. The minimum atomic E-state index is -0.479. The second-order valence-corrected chi connectivity index (χ2v) is 8.23. The van der Waals surface area contributed by atoms with E-state index >= 15 is 0 Å². The first kappa shape index (κ1) is 19.8. The first-order valence-corrected chi connectivity index (χ1v) is 10.6. The van der Waals surface area contributed by atoms with Crippen molar-refractivity contribution in [2.24, 2.45) is 5.73 Å². The Morgan fingerprint density at radius 2 is 1.72 bits per heavy atom. The fourth-order valence-electron chi connectivity index (χ4n) is 3.67. The standard InChI is InChI=1S/C24H18N4O3S/c1-31-24(30)22-13-20-21(32-22)12-19(28(20)18-8-4-16(5-9-18)23(25)29)15-2-6-17(7-3-15)27-11-10-26-14-27/h2-14H,1H3,(H2,25,29). The van der Waals surface area contributed by atoms with E-state index in [1.165, 1.54) is 18.4 Å². The van der Waals surface area contributed by atoms with Crippen molar-refractivity contribution in [1.82, 2.24) is 14.1 Å². The zero-order chi connectivity index (χ0) is 22.2. The molecule has 2 N–H and O–H groups in total. The van der Waals surface area contributed by atoms with E-state index < -0.39 is 5.91 Å². The second kappa shape index (κ2) is 7.82. The zero-order valence-electron chi connectivity index (χ0n) is 17.1. The monoisotopic (exact) mass is 442 g/mol. The number of esters is 1. The molecule has 0 spiro atoms. The summed E-state index contributed by atoms with van der Waals surface area (Å²) in [6.45, 7) is 0. The maximum atomic E-state index is 12.1. The molecule has 158 valence electrons. The maximum absolute atomic E-state index is 12.1. The Morgan fingerprint density at radius 3 is 2.34 bits per heavy atom. The molecule has 1 amide bonds. The zero-order valence-corrected chi connectivity index (χ0v) is 17.9. The van der Waals surface area contributed by atoms with Crippen molar-refractivity contribution in [1.29, 1.82) is 0 Å². The Morgan fingerprint density at radius 1 is 1.00 bits per heavy atom. The number of rotatable bonds is 5. The molecule has 5 aromatic rings. The first-order valence-electron chi connectivity index (χ1n) is 9.78. The van der Waals surface area contributed by atoms with Crippen LogP contribution in [0.1, 0.15) is 20.0 Å². The molecule has 0 aliphatic heterocycles. The predicted molar refractivity (Wildman–Crippen MR) is 124 cm³/mol. The van der Waals surface area contributed by atoms with Crippen molar-refractivity contribution < 1.29 is 14.3 Å². The maximum Gasteiger partial charge on any atom is 0.348 e. The quantitative estimate of drug-likeness (QED) is 0.408. The van der Waals surface area contributed by atoms with E-state index in [4.69, 9.17) is 10.5 Å². The molecule has 0 aliphatic rings. The van der Waals surface area contributed by atoms with Gasteiger partial charge >= 0.3 is 5.97 Å². The largest absolute Gasteiger partial charge is 0.465 e. The van der Waals surface area contributed by atoms with Gasteiger partial charge in [0.2, 0.25) is 5.91 Å². The fraction of sp³-hybridized carbons (Fsp3) is 0.0417. The van der Waals surface area contributed by atoms with Gasteiger partial charge in [0, 0.05) is 29.3 Å². The van der Waals surface area contributed by atoms with E-state index in [-0.39, 0.29) is 5.97 Å². The Balaban J connectivity index is 1.66. The molecule has 3 heterocycles. The van der Waals surface area contributed by atoms with Crippen molar-refractivity contribution >= 4 is 33.4 Å². The summed E-state index contributed by atoms with van der Waals surface area (Å²) >= 11 is 1.38. The van der Waals surface area contributed by atoms with Gasteiger partial charge in [-0.05, 0) is 54.1 Å². The highest BCUT2D eigenvalue weighted by atomic mass is 32.1. The van der Waals surface area contributed by atoms with Crippen molar-refractivity contribution in [3.63, 3.8) is 0 Å². The summed E-state index contributed by atoms with van der Waals surface area (Å²) in [6.07, 6.45) is 5.38. The summed E-state index contributed by atoms with van der Waals surface area (Å²) in [5, 5.41) is 0. The van der Waals surface area contributed by atoms with Crippen LogP contribution in [-0.4, -0.2) is 33.1 Å². The number of hydrogen-bond acceptors (Lipinski definition) is 5. The third-order valence-corrected chi connectivity index (χ3v) is 6.30. The number of primary amides is 1. The molecular weight excluding hydrogens is 424 g/mol. The van der Waals surface area contributed by atoms with E-state index in [2.05, 4.69) is 15.6 Å². The van der Waals surface area contributed by atoms with Crippen LogP contribution in [0.4, 0.5) is 0 Å². The van der Waals surface area contributed by atoms with E-state index in [9.17, 15) is 9.59 Å². The number of thiophene rings is 1. The summed E-state index contributed by atoms with van der Waals surface area (Å²) in [7, 11) is 1.37. The van der Waals surface area contributed by atoms with E-state index in [0.29, 0.717) is 10.4 Å². The van der Waals surface area contributed by atoms with Gasteiger partial charge in [-0.25, -0.2) is 9.78 Å². The van der Waals surface area contributed by atoms with Crippen molar-refractivity contribution in [2.45, 2.75) is 0 Å². The molecule has 32 heavy (non-hydrogen) atoms. The normalized spacial score (nSPS) is 11.0. The number of nitrogens with two attached hydrogens (primary N) is 1. The van der Waals surface area contributed by atoms with Crippen LogP contribution in [0.15, 0.2) is 79.4 Å². The topological polar surface area (TPSA) is 92.1 Å². The number of hydrogen-bond donors (Lipinski definition) is 1. The third kappa shape index (κ3) is 3.36. The lowest BCUT2D eigenvalue weighted by Gasteiger charge is -2.12. The number of imidazole rings is 1. The van der Waals surface area contributed by atoms with E-state index in [1.54, 1.807) is 24.7 Å². The van der Waals surface area contributed by atoms with Crippen LogP contribution in [0, 0.1) is 0 Å². The van der Waals surface area contributed by atoms with Gasteiger partial charge in [-0.2, -0.15) is 0 Å². The van der Waals surface area contributed by atoms with E-state index in [0.717, 1.165) is 32.8 Å². The molecule has 0 unspecified atom stereocenters. The Bertz CT molecular complexity index is 1430. The molecule has 2 aromatic carbocycles. The van der Waals surface area contributed by atoms with Crippen LogP contribution in [-0.2, 0) is 4.74 Å². The van der Waals surface area contributed by atoms with Crippen LogP contribution >= 0.6 is 11.3 Å². The van der Waals surface area contributed by atoms with Crippen LogP contribution in [0.25, 0.3) is 32.8 Å². The van der Waals surface area contributed by atoms with Crippen molar-refractivity contribution in [2.75, 3.05) is 7.11 Å². The SMILES string of the molecule is COC(=O)c1cc2c(cc(-c3ccc(-n4ccnc4)cc3)n2-c2ccc(C(N)=O)cc2)s1. The number of nitrogens with zero attached hydrogens (tertiary/aromatic N) is 3. The molecule has 0 bridgehead atoms. The smallest absolute Gasteiger partial charge is 0.348 e. The summed E-state index contributed by atoms with van der Waals surface area (Å²) in [4.78, 5) is 28.2. The van der Waals surface area contributed by atoms with Gasteiger partial charge in [0.05, 0.1) is 29.3 Å². The summed E-state index contributed by atoms with van der Waals surface area (Å²) < 4.78 is 9.85. The molecule has 0 aliphatic carbocycles. The second-order valence-electron chi connectivity index (χ2n) is 7.14. The number of carbonyl (C=O) groups excluding carboxylic acids is 2. The number of aromatic nitrogens is 3. The first-order chi connectivity index (χ1) is 15.5. The summed E-state index contributed by atoms with van der Waals surface area (Å²) in [6, 6.07) is 19.1. The van der Waals surface area contributed by atoms with Crippen molar-refractivity contribution in [3.8, 4) is 22.6 Å². The summed E-state index contributed by atoms with van der Waals surface area (Å²) in [5.41, 5.74) is 10.6. The molecule has 0 radical (unpaired) electrons. The van der Waals surface area contributed by atoms with Crippen LogP contribution in [0.2, 0.25) is 0 Å². The van der Waals surface area contributed by atoms with Crippen LogP contribution in [0.5, 0.6) is 0 Å². The fourth-order valence-corrected chi connectivity index (χ4v) is 4.67. The minimum Gasteiger partial charge on any atom is -0.465 e. The lowest BCUT2D eigenvalue weighted by molar-refractivity contribution is 0.0606. The molecule has 0 atom stereocenters. The molecule has 0 saturated carbocycles. The third-order valence-electron chi connectivity index (χ3n) is 5.25. The van der Waals surface area contributed by atoms with Gasteiger partial charge in [-0.1, -0.05) is 12.1 Å². The molecule has 0 fully saturated rings. The average molecular weight is 443 g/mol. The Labute approximate surface area is 187 Å². The lowest BCUT2D eigenvalue weighted by atomic mass is 10.1. The molecule has 5 rings (SSSR count). The molecule has 3 aromatic heterocycles. The number of amides is 1. The average Bonchev–Trinajstić information content (AvgIpc) is 3.55. The number of methoxy groups -OCH3 is 1. The van der Waals surface area contributed by atoms with Gasteiger partial charge in [0.1, 0.15) is 4.88 Å². The molecular formula is C24H18N4O3S. The van der Waals surface area contributed by atoms with E-state index in [1.807, 2.05) is 53.2 Å². The minimum absolute atomic E-state index is 0.368.